The molecule has 0 amide bonds. The van der Waals surface area contributed by atoms with Gasteiger partial charge in [0.1, 0.15) is 0 Å². The molecule has 0 radical (unpaired) electrons. The molecule has 17 heavy (non-hydrogen) atoms. The lowest BCUT2D eigenvalue weighted by Gasteiger charge is -2.28. The highest BCUT2D eigenvalue weighted by molar-refractivity contribution is 4.77. The average Bonchev–Trinajstić information content (AvgIpc) is 3.09. The van der Waals surface area contributed by atoms with Crippen LogP contribution < -0.4 is 0 Å². The van der Waals surface area contributed by atoms with Gasteiger partial charge in [0.05, 0.1) is 24.4 Å². The molecule has 1 aliphatic carbocycles. The fourth-order valence-corrected chi connectivity index (χ4v) is 2.26. The lowest BCUT2D eigenvalue weighted by molar-refractivity contribution is 0.233. The third-order valence-corrected chi connectivity index (χ3v) is 3.86. The van der Waals surface area contributed by atoms with E-state index in [1.165, 1.54) is 19.3 Å². The van der Waals surface area contributed by atoms with Crippen molar-refractivity contribution in [1.82, 2.24) is 0 Å². The monoisotopic (exact) mass is 242 g/mol. The molecule has 0 aromatic heterocycles. The van der Waals surface area contributed by atoms with Crippen LogP contribution in [0.3, 0.4) is 0 Å². The van der Waals surface area contributed by atoms with Gasteiger partial charge in [-0.05, 0) is 51.9 Å². The number of epoxide rings is 2. The molecule has 1 saturated carbocycles. The number of hydrogen-bond donors (Lipinski definition) is 0. The van der Waals surface area contributed by atoms with E-state index in [0.717, 1.165) is 11.8 Å². The molecule has 2 aliphatic heterocycles. The van der Waals surface area contributed by atoms with E-state index >= 15 is 0 Å². The zero-order valence-electron chi connectivity index (χ0n) is 12.4. The Morgan fingerprint density at radius 1 is 0.765 bits per heavy atom. The van der Waals surface area contributed by atoms with Gasteiger partial charge in [0.25, 0.3) is 0 Å². The minimum Gasteiger partial charge on any atom is -0.370 e. The summed E-state index contributed by atoms with van der Waals surface area (Å²) in [5.41, 5.74) is 0. The van der Waals surface area contributed by atoms with E-state index in [2.05, 4.69) is 41.5 Å². The van der Waals surface area contributed by atoms with Gasteiger partial charge < -0.3 is 9.47 Å². The van der Waals surface area contributed by atoms with E-state index in [4.69, 9.17) is 9.47 Å². The Kier molecular flexibility index (Phi) is 5.94. The first-order chi connectivity index (χ1) is 7.93. The quantitative estimate of drug-likeness (QED) is 0.649. The maximum absolute atomic E-state index is 5.07. The molecule has 3 rings (SSSR count). The number of rotatable bonds is 1. The average molecular weight is 242 g/mol. The highest BCUT2D eigenvalue weighted by Gasteiger charge is 2.31. The Morgan fingerprint density at radius 2 is 1.12 bits per heavy atom. The Hall–Kier alpha value is -0.0800. The van der Waals surface area contributed by atoms with Crippen LogP contribution in [0.4, 0.5) is 0 Å². The van der Waals surface area contributed by atoms with Crippen LogP contribution in [0.5, 0.6) is 0 Å². The highest BCUT2D eigenvalue weighted by Crippen LogP contribution is 2.31. The summed E-state index contributed by atoms with van der Waals surface area (Å²) in [6, 6.07) is 0. The molecule has 2 heterocycles. The lowest BCUT2D eigenvalue weighted by atomic mass is 9.78. The Labute approximate surface area is 107 Å². The van der Waals surface area contributed by atoms with E-state index in [1.807, 2.05) is 0 Å². The molecule has 3 fully saturated rings. The summed E-state index contributed by atoms with van der Waals surface area (Å²) in [5.74, 6) is 2.08. The maximum Gasteiger partial charge on any atom is 0.0836 e. The van der Waals surface area contributed by atoms with Gasteiger partial charge in [0.15, 0.2) is 0 Å². The summed E-state index contributed by atoms with van der Waals surface area (Å²) in [7, 11) is 0. The lowest BCUT2D eigenvalue weighted by Crippen LogP contribution is -2.16. The summed E-state index contributed by atoms with van der Waals surface area (Å²) < 4.78 is 9.98. The summed E-state index contributed by atoms with van der Waals surface area (Å²) >= 11 is 0. The summed E-state index contributed by atoms with van der Waals surface area (Å²) in [4.78, 5) is 0. The van der Waals surface area contributed by atoms with Crippen molar-refractivity contribution < 1.29 is 9.47 Å². The normalized spacial score (nSPS) is 45.5. The molecule has 0 bridgehead atoms. The molecule has 0 spiro atoms. The van der Waals surface area contributed by atoms with Gasteiger partial charge in [0, 0.05) is 0 Å². The molecule has 4 unspecified atom stereocenters. The number of ether oxygens (including phenoxy) is 2. The molecule has 3 aliphatic rings. The predicted octanol–water partition coefficient (Wildman–Crippen LogP) is 4.03. The Morgan fingerprint density at radius 3 is 1.12 bits per heavy atom. The van der Waals surface area contributed by atoms with Crippen LogP contribution in [0, 0.1) is 11.8 Å². The predicted molar refractivity (Wildman–Crippen MR) is 72.2 cm³/mol. The van der Waals surface area contributed by atoms with Crippen molar-refractivity contribution in [3.05, 3.63) is 0 Å². The first-order valence-corrected chi connectivity index (χ1v) is 7.24. The molecule has 0 aromatic carbocycles. The minimum atomic E-state index is 0.551. The topological polar surface area (TPSA) is 25.1 Å². The van der Waals surface area contributed by atoms with E-state index in [0.29, 0.717) is 24.4 Å². The molecule has 0 aromatic rings. The smallest absolute Gasteiger partial charge is 0.0836 e. The first-order valence-electron chi connectivity index (χ1n) is 7.24. The summed E-state index contributed by atoms with van der Waals surface area (Å²) in [5, 5.41) is 0. The largest absolute Gasteiger partial charge is 0.370 e. The van der Waals surface area contributed by atoms with Crippen LogP contribution in [0.25, 0.3) is 0 Å². The van der Waals surface area contributed by atoms with Crippen molar-refractivity contribution >= 4 is 0 Å². The third-order valence-electron chi connectivity index (χ3n) is 3.86. The van der Waals surface area contributed by atoms with Gasteiger partial charge in [0.2, 0.25) is 0 Å². The SMILES string of the molecule is CC1CC(C)C1.CC1OC1C.CCC1OC1C. The van der Waals surface area contributed by atoms with Crippen LogP contribution >= 0.6 is 0 Å². The van der Waals surface area contributed by atoms with Crippen molar-refractivity contribution in [2.45, 2.75) is 85.2 Å². The van der Waals surface area contributed by atoms with E-state index in [1.54, 1.807) is 0 Å². The van der Waals surface area contributed by atoms with Gasteiger partial charge in [-0.15, -0.1) is 0 Å². The highest BCUT2D eigenvalue weighted by atomic mass is 16.6. The second kappa shape index (κ2) is 6.75. The van der Waals surface area contributed by atoms with Gasteiger partial charge in [-0.1, -0.05) is 20.8 Å². The summed E-state index contributed by atoms with van der Waals surface area (Å²) in [6.07, 6.45) is 6.39. The van der Waals surface area contributed by atoms with Crippen molar-refractivity contribution in [2.75, 3.05) is 0 Å². The van der Waals surface area contributed by atoms with E-state index in [9.17, 15) is 0 Å². The molecule has 2 heteroatoms. The second-order valence-electron chi connectivity index (χ2n) is 6.02. The van der Waals surface area contributed by atoms with Crippen LogP contribution in [0.2, 0.25) is 0 Å². The first kappa shape index (κ1) is 15.0. The van der Waals surface area contributed by atoms with Crippen LogP contribution in [-0.4, -0.2) is 24.4 Å². The van der Waals surface area contributed by atoms with Crippen molar-refractivity contribution in [3.63, 3.8) is 0 Å². The maximum atomic E-state index is 5.07. The van der Waals surface area contributed by atoms with Crippen LogP contribution in [-0.2, 0) is 9.47 Å². The van der Waals surface area contributed by atoms with Gasteiger partial charge in [-0.3, -0.25) is 0 Å². The standard InChI is InChI=1S/C6H12.C5H10O.C4H8O/c1-5-3-6(2)4-5;1-3-5-4(2)6-5;1-3-4(2)5-3/h5-6H,3-4H2,1-2H3;4-5H,3H2,1-2H3;3-4H,1-2H3. The molecule has 2 saturated heterocycles. The summed E-state index contributed by atoms with van der Waals surface area (Å²) in [6.45, 7) is 13.0. The minimum absolute atomic E-state index is 0.551. The van der Waals surface area contributed by atoms with Gasteiger partial charge in [-0.25, -0.2) is 0 Å². The van der Waals surface area contributed by atoms with Gasteiger partial charge in [-0.2, -0.15) is 0 Å². The van der Waals surface area contributed by atoms with Crippen molar-refractivity contribution in [1.29, 1.82) is 0 Å². The van der Waals surface area contributed by atoms with Crippen molar-refractivity contribution in [3.8, 4) is 0 Å². The molecule has 0 N–H and O–H groups in total. The third kappa shape index (κ3) is 6.42. The zero-order valence-corrected chi connectivity index (χ0v) is 12.4. The molecule has 102 valence electrons. The Balaban J connectivity index is 0.000000128. The fourth-order valence-electron chi connectivity index (χ4n) is 2.26. The zero-order chi connectivity index (χ0) is 13.0. The Bertz CT molecular complexity index is 197. The van der Waals surface area contributed by atoms with E-state index in [-0.39, 0.29) is 0 Å². The van der Waals surface area contributed by atoms with Gasteiger partial charge >= 0.3 is 0 Å². The van der Waals surface area contributed by atoms with Crippen molar-refractivity contribution in [2.24, 2.45) is 11.8 Å². The fraction of sp³-hybridized carbons (Fsp3) is 1.00. The molecule has 4 atom stereocenters. The second-order valence-corrected chi connectivity index (χ2v) is 6.02. The molecular formula is C15H30O2. The molecular weight excluding hydrogens is 212 g/mol. The molecule has 2 nitrogen and oxygen atoms in total. The van der Waals surface area contributed by atoms with Crippen LogP contribution in [0.15, 0.2) is 0 Å². The number of hydrogen-bond acceptors (Lipinski definition) is 2. The van der Waals surface area contributed by atoms with E-state index < -0.39 is 0 Å². The van der Waals surface area contributed by atoms with Crippen LogP contribution in [0.1, 0.15) is 60.8 Å².